The van der Waals surface area contributed by atoms with Crippen molar-refractivity contribution in [2.24, 2.45) is 10.8 Å². The van der Waals surface area contributed by atoms with E-state index in [1.807, 2.05) is 6.07 Å². The van der Waals surface area contributed by atoms with Crippen molar-refractivity contribution < 1.29 is 14.3 Å². The van der Waals surface area contributed by atoms with Crippen molar-refractivity contribution in [2.75, 3.05) is 33.9 Å². The Morgan fingerprint density at radius 2 is 1.95 bits per heavy atom. The Morgan fingerprint density at radius 1 is 1.23 bits per heavy atom. The molecule has 0 bridgehead atoms. The third-order valence-electron chi connectivity index (χ3n) is 5.85. The van der Waals surface area contributed by atoms with Crippen molar-refractivity contribution in [2.45, 2.75) is 25.8 Å². The number of fused-ring (bicyclic) bond motifs is 1. The molecule has 1 aromatic carbocycles. The van der Waals surface area contributed by atoms with Crippen LogP contribution in [0.15, 0.2) is 30.3 Å². The maximum Gasteiger partial charge on any atom is 0.313 e. The van der Waals surface area contributed by atoms with Gasteiger partial charge in [-0.25, -0.2) is 0 Å². The Kier molecular flexibility index (Phi) is 4.00. The Labute approximate surface area is 132 Å². The largest absolute Gasteiger partial charge is 0.469 e. The molecule has 3 rings (SSSR count). The summed E-state index contributed by atoms with van der Waals surface area (Å²) in [5.41, 5.74) is 0.815. The van der Waals surface area contributed by atoms with Crippen LogP contribution in [0, 0.1) is 10.8 Å². The maximum absolute atomic E-state index is 12.5. The van der Waals surface area contributed by atoms with Gasteiger partial charge in [-0.3, -0.25) is 9.69 Å². The lowest BCUT2D eigenvalue weighted by Gasteiger charge is -2.51. The normalized spacial score (nSPS) is 32.1. The molecule has 0 amide bonds. The molecule has 2 fully saturated rings. The number of benzene rings is 1. The fourth-order valence-electron chi connectivity index (χ4n) is 4.38. The van der Waals surface area contributed by atoms with Gasteiger partial charge in [0.25, 0.3) is 0 Å². The van der Waals surface area contributed by atoms with E-state index in [-0.39, 0.29) is 16.8 Å². The number of ether oxygens (including phenoxy) is 2. The van der Waals surface area contributed by atoms with Crippen LogP contribution >= 0.6 is 0 Å². The zero-order valence-corrected chi connectivity index (χ0v) is 13.7. The van der Waals surface area contributed by atoms with Gasteiger partial charge in [-0.05, 0) is 25.3 Å². The van der Waals surface area contributed by atoms with E-state index in [0.29, 0.717) is 12.6 Å². The fourth-order valence-corrected chi connectivity index (χ4v) is 4.38. The van der Waals surface area contributed by atoms with Gasteiger partial charge in [0.15, 0.2) is 0 Å². The summed E-state index contributed by atoms with van der Waals surface area (Å²) in [5, 5.41) is 0. The number of rotatable bonds is 5. The van der Waals surface area contributed by atoms with E-state index >= 15 is 0 Å². The molecule has 0 unspecified atom stereocenters. The van der Waals surface area contributed by atoms with Gasteiger partial charge in [0.05, 0.1) is 19.1 Å². The van der Waals surface area contributed by atoms with Gasteiger partial charge in [-0.15, -0.1) is 0 Å². The fraction of sp³-hybridized carbons (Fsp3) is 0.611. The van der Waals surface area contributed by atoms with Crippen molar-refractivity contribution in [1.29, 1.82) is 0 Å². The molecular weight excluding hydrogens is 278 g/mol. The summed E-state index contributed by atoms with van der Waals surface area (Å²) < 4.78 is 10.6. The number of likely N-dealkylation sites (tertiary alicyclic amines) is 1. The minimum atomic E-state index is -0.388. The van der Waals surface area contributed by atoms with Crippen molar-refractivity contribution in [3.05, 3.63) is 35.9 Å². The van der Waals surface area contributed by atoms with Crippen LogP contribution in [-0.2, 0) is 14.3 Å². The van der Waals surface area contributed by atoms with Gasteiger partial charge in [0.2, 0.25) is 0 Å². The van der Waals surface area contributed by atoms with Crippen LogP contribution in [0.5, 0.6) is 0 Å². The summed E-state index contributed by atoms with van der Waals surface area (Å²) in [4.78, 5) is 14.9. The van der Waals surface area contributed by atoms with E-state index in [2.05, 4.69) is 36.1 Å². The van der Waals surface area contributed by atoms with Crippen LogP contribution in [0.2, 0.25) is 0 Å². The molecule has 3 atom stereocenters. The lowest BCUT2D eigenvalue weighted by Crippen LogP contribution is -2.58. The summed E-state index contributed by atoms with van der Waals surface area (Å²) in [7, 11) is 3.22. The lowest BCUT2D eigenvalue weighted by atomic mass is 9.51. The molecule has 1 saturated heterocycles. The van der Waals surface area contributed by atoms with Crippen molar-refractivity contribution in [3.8, 4) is 0 Å². The smallest absolute Gasteiger partial charge is 0.313 e. The molecule has 1 heterocycles. The lowest BCUT2D eigenvalue weighted by molar-refractivity contribution is -0.176. The van der Waals surface area contributed by atoms with E-state index < -0.39 is 0 Å². The molecule has 4 heteroatoms. The summed E-state index contributed by atoms with van der Waals surface area (Å²) in [5.74, 6) is -0.0708. The molecule has 1 saturated carbocycles. The number of nitrogens with zero attached hydrogens (tertiary/aromatic N) is 1. The number of hydrogen-bond acceptors (Lipinski definition) is 4. The average molecular weight is 303 g/mol. The second-order valence-electron chi connectivity index (χ2n) is 6.78. The van der Waals surface area contributed by atoms with Crippen LogP contribution < -0.4 is 0 Å². The predicted molar refractivity (Wildman–Crippen MR) is 84.4 cm³/mol. The van der Waals surface area contributed by atoms with Gasteiger partial charge in [-0.2, -0.15) is 0 Å². The monoisotopic (exact) mass is 303 g/mol. The van der Waals surface area contributed by atoms with Crippen LogP contribution in [0.3, 0.4) is 0 Å². The summed E-state index contributed by atoms with van der Waals surface area (Å²) in [6, 6.07) is 10.8. The number of carbonyl (C=O) groups excluding carboxylic acids is 1. The quantitative estimate of drug-likeness (QED) is 0.784. The Morgan fingerprint density at radius 3 is 2.50 bits per heavy atom. The number of methoxy groups -OCH3 is 2. The van der Waals surface area contributed by atoms with Crippen molar-refractivity contribution in [3.63, 3.8) is 0 Å². The van der Waals surface area contributed by atoms with Crippen molar-refractivity contribution in [1.82, 2.24) is 4.90 Å². The molecule has 120 valence electrons. The molecule has 4 nitrogen and oxygen atoms in total. The predicted octanol–water partition coefficient (Wildman–Crippen LogP) is 2.65. The minimum absolute atomic E-state index is 0.0708. The zero-order chi connectivity index (χ0) is 15.8. The number of esters is 1. The van der Waals surface area contributed by atoms with Gasteiger partial charge < -0.3 is 9.47 Å². The van der Waals surface area contributed by atoms with Crippen molar-refractivity contribution >= 4 is 5.97 Å². The van der Waals surface area contributed by atoms with E-state index in [0.717, 1.165) is 25.9 Å². The first-order chi connectivity index (χ1) is 10.6. The highest BCUT2D eigenvalue weighted by Crippen LogP contribution is 2.63. The first-order valence-electron chi connectivity index (χ1n) is 7.95. The standard InChI is InChI=1S/C18H25NO3/c1-14(15-7-5-4-6-8-15)19-11-17(13-21-2)9-10-18(17,12-19)16(20)22-3/h4-8,14H,9-13H2,1-3H3/t14-,17-,18+/m1/s1. The van der Waals surface area contributed by atoms with Crippen LogP contribution in [0.1, 0.15) is 31.4 Å². The SMILES string of the molecule is COC[C@]12CC[C@@]1(C(=O)OC)CN([C@H](C)c1ccccc1)C2. The molecule has 0 aromatic heterocycles. The second kappa shape index (κ2) is 5.67. The Hall–Kier alpha value is -1.39. The zero-order valence-electron chi connectivity index (χ0n) is 13.7. The summed E-state index contributed by atoms with van der Waals surface area (Å²) >= 11 is 0. The topological polar surface area (TPSA) is 38.8 Å². The van der Waals surface area contributed by atoms with E-state index in [9.17, 15) is 4.79 Å². The van der Waals surface area contributed by atoms with E-state index in [1.54, 1.807) is 7.11 Å². The third-order valence-corrected chi connectivity index (χ3v) is 5.85. The average Bonchev–Trinajstić information content (AvgIpc) is 2.77. The van der Waals surface area contributed by atoms with E-state index in [1.165, 1.54) is 12.7 Å². The van der Waals surface area contributed by atoms with Crippen LogP contribution in [0.25, 0.3) is 0 Å². The van der Waals surface area contributed by atoms with Gasteiger partial charge in [-0.1, -0.05) is 30.3 Å². The molecular formula is C18H25NO3. The highest BCUT2D eigenvalue weighted by atomic mass is 16.5. The van der Waals surface area contributed by atoms with Crippen LogP contribution in [0.4, 0.5) is 0 Å². The molecule has 0 radical (unpaired) electrons. The summed E-state index contributed by atoms with van der Waals surface area (Å²) in [6.45, 7) is 4.50. The Balaban J connectivity index is 1.87. The maximum atomic E-state index is 12.5. The molecule has 1 aliphatic carbocycles. The number of carbonyl (C=O) groups is 1. The molecule has 22 heavy (non-hydrogen) atoms. The van der Waals surface area contributed by atoms with Gasteiger partial charge >= 0.3 is 5.97 Å². The van der Waals surface area contributed by atoms with Crippen LogP contribution in [-0.4, -0.2) is 44.8 Å². The third kappa shape index (κ3) is 2.09. The summed E-state index contributed by atoms with van der Waals surface area (Å²) in [6.07, 6.45) is 1.94. The minimum Gasteiger partial charge on any atom is -0.469 e. The Bertz CT molecular complexity index is 547. The molecule has 0 spiro atoms. The van der Waals surface area contributed by atoms with Gasteiger partial charge in [0, 0.05) is 31.7 Å². The first-order valence-corrected chi connectivity index (χ1v) is 7.95. The highest BCUT2D eigenvalue weighted by molar-refractivity contribution is 5.80. The first kappa shape index (κ1) is 15.5. The molecule has 1 aromatic rings. The molecule has 2 aliphatic rings. The highest BCUT2D eigenvalue weighted by Gasteiger charge is 2.69. The van der Waals surface area contributed by atoms with E-state index in [4.69, 9.17) is 9.47 Å². The van der Waals surface area contributed by atoms with Gasteiger partial charge in [0.1, 0.15) is 0 Å². The molecule has 0 N–H and O–H groups in total. The molecule has 1 aliphatic heterocycles. The second-order valence-corrected chi connectivity index (χ2v) is 6.78. The number of hydrogen-bond donors (Lipinski definition) is 0.